The number of β-amino-alcohol motifs (C(OH)–C–C–N with tert-alkyl or cyclic N) is 1. The molecular weight excluding hydrogens is 272 g/mol. The van der Waals surface area contributed by atoms with E-state index >= 15 is 0 Å². The first-order valence-corrected chi connectivity index (χ1v) is 7.08. The summed E-state index contributed by atoms with van der Waals surface area (Å²) in [4.78, 5) is 13.1. The Hall–Kier alpha value is -1.60. The van der Waals surface area contributed by atoms with Gasteiger partial charge in [-0.2, -0.15) is 9.97 Å². The van der Waals surface area contributed by atoms with Crippen molar-refractivity contribution in [1.29, 1.82) is 0 Å². The van der Waals surface area contributed by atoms with Crippen LogP contribution < -0.4 is 14.4 Å². The van der Waals surface area contributed by atoms with Crippen LogP contribution >= 0.6 is 0 Å². The number of hydrogen-bond donors (Lipinski definition) is 1. The van der Waals surface area contributed by atoms with Crippen LogP contribution in [0.3, 0.4) is 0 Å². The molecule has 21 heavy (non-hydrogen) atoms. The molecule has 1 fully saturated rings. The predicted octanol–water partition coefficient (Wildman–Crippen LogP) is 0.387. The molecule has 2 heterocycles. The Bertz CT molecular complexity index is 446. The summed E-state index contributed by atoms with van der Waals surface area (Å²) in [5.41, 5.74) is -0.669. The highest BCUT2D eigenvalue weighted by atomic mass is 16.5. The van der Waals surface area contributed by atoms with Gasteiger partial charge in [0.1, 0.15) is 0 Å². The normalized spacial score (nSPS) is 16.9. The van der Waals surface area contributed by atoms with Gasteiger partial charge in [0.25, 0.3) is 0 Å². The molecule has 2 rings (SSSR count). The highest BCUT2D eigenvalue weighted by Crippen LogP contribution is 2.21. The van der Waals surface area contributed by atoms with Crippen LogP contribution in [-0.2, 0) is 0 Å². The van der Waals surface area contributed by atoms with Crippen molar-refractivity contribution in [2.45, 2.75) is 19.4 Å². The first kappa shape index (κ1) is 15.8. The Labute approximate surface area is 125 Å². The average molecular weight is 296 g/mol. The summed E-state index contributed by atoms with van der Waals surface area (Å²) in [6.45, 7) is 7.69. The molecule has 0 saturated carbocycles. The van der Waals surface area contributed by atoms with E-state index in [1.165, 1.54) is 0 Å². The van der Waals surface area contributed by atoms with E-state index in [1.54, 1.807) is 20.3 Å². The number of piperazine rings is 1. The lowest BCUT2D eigenvalue weighted by molar-refractivity contribution is 0.0344. The Morgan fingerprint density at radius 1 is 1.10 bits per heavy atom. The molecule has 0 aliphatic carbocycles. The second-order valence-corrected chi connectivity index (χ2v) is 5.83. The van der Waals surface area contributed by atoms with Crippen molar-refractivity contribution in [2.75, 3.05) is 51.8 Å². The third kappa shape index (κ3) is 4.44. The molecule has 7 heteroatoms. The van der Waals surface area contributed by atoms with Crippen LogP contribution in [0.2, 0.25) is 0 Å². The Balaban J connectivity index is 2.02. The molecule has 1 aromatic rings. The summed E-state index contributed by atoms with van der Waals surface area (Å²) < 4.78 is 10.3. The van der Waals surface area contributed by atoms with E-state index in [4.69, 9.17) is 9.47 Å². The number of rotatable bonds is 5. The average Bonchev–Trinajstić information content (AvgIpc) is 2.45. The van der Waals surface area contributed by atoms with Crippen molar-refractivity contribution in [2.24, 2.45) is 0 Å². The maximum absolute atomic E-state index is 9.88. The van der Waals surface area contributed by atoms with Crippen molar-refractivity contribution in [3.63, 3.8) is 0 Å². The molecule has 0 amide bonds. The molecule has 1 N–H and O–H groups in total. The maximum atomic E-state index is 9.88. The van der Waals surface area contributed by atoms with Gasteiger partial charge in [-0.15, -0.1) is 0 Å². The van der Waals surface area contributed by atoms with Crippen LogP contribution in [0.15, 0.2) is 6.07 Å². The molecule has 0 unspecified atom stereocenters. The Morgan fingerprint density at radius 2 is 1.62 bits per heavy atom. The SMILES string of the molecule is COc1cc(OC)nc(N2CCN(CC(C)(C)O)CC2)n1. The molecule has 0 radical (unpaired) electrons. The zero-order valence-corrected chi connectivity index (χ0v) is 13.2. The van der Waals surface area contributed by atoms with Crippen LogP contribution in [0, 0.1) is 0 Å². The van der Waals surface area contributed by atoms with E-state index in [1.807, 2.05) is 13.8 Å². The number of ether oxygens (including phenoxy) is 2. The van der Waals surface area contributed by atoms with Crippen molar-refractivity contribution >= 4 is 5.95 Å². The van der Waals surface area contributed by atoms with Crippen molar-refractivity contribution in [3.8, 4) is 11.8 Å². The van der Waals surface area contributed by atoms with E-state index < -0.39 is 5.60 Å². The zero-order chi connectivity index (χ0) is 15.5. The summed E-state index contributed by atoms with van der Waals surface area (Å²) in [5, 5.41) is 9.88. The van der Waals surface area contributed by atoms with Crippen molar-refractivity contribution < 1.29 is 14.6 Å². The van der Waals surface area contributed by atoms with Crippen LogP contribution in [0.4, 0.5) is 5.95 Å². The lowest BCUT2D eigenvalue weighted by Crippen LogP contribution is -2.50. The second-order valence-electron chi connectivity index (χ2n) is 5.83. The largest absolute Gasteiger partial charge is 0.481 e. The second kappa shape index (κ2) is 6.44. The van der Waals surface area contributed by atoms with E-state index in [2.05, 4.69) is 19.8 Å². The first-order chi connectivity index (χ1) is 9.91. The third-order valence-electron chi connectivity index (χ3n) is 3.35. The molecular formula is C14H24N4O3. The van der Waals surface area contributed by atoms with Crippen molar-refractivity contribution in [3.05, 3.63) is 6.07 Å². The van der Waals surface area contributed by atoms with Gasteiger partial charge in [0.2, 0.25) is 17.7 Å². The minimum atomic E-state index is -0.669. The van der Waals surface area contributed by atoms with Gasteiger partial charge in [0.05, 0.1) is 25.9 Å². The third-order valence-corrected chi connectivity index (χ3v) is 3.35. The fraction of sp³-hybridized carbons (Fsp3) is 0.714. The fourth-order valence-corrected chi connectivity index (χ4v) is 2.40. The van der Waals surface area contributed by atoms with E-state index in [0.29, 0.717) is 24.3 Å². The number of nitrogens with zero attached hydrogens (tertiary/aromatic N) is 4. The van der Waals surface area contributed by atoms with Crippen LogP contribution in [0.5, 0.6) is 11.8 Å². The van der Waals surface area contributed by atoms with E-state index in [9.17, 15) is 5.11 Å². The minimum absolute atomic E-state index is 0.496. The summed E-state index contributed by atoms with van der Waals surface area (Å²) in [7, 11) is 3.15. The van der Waals surface area contributed by atoms with Gasteiger partial charge in [-0.1, -0.05) is 0 Å². The van der Waals surface area contributed by atoms with Gasteiger partial charge in [0, 0.05) is 32.7 Å². The lowest BCUT2D eigenvalue weighted by Gasteiger charge is -2.37. The van der Waals surface area contributed by atoms with Gasteiger partial charge in [-0.25, -0.2) is 0 Å². The molecule has 1 aliphatic rings. The zero-order valence-electron chi connectivity index (χ0n) is 13.2. The fourth-order valence-electron chi connectivity index (χ4n) is 2.40. The quantitative estimate of drug-likeness (QED) is 0.842. The predicted molar refractivity (Wildman–Crippen MR) is 80.1 cm³/mol. The van der Waals surface area contributed by atoms with Gasteiger partial charge in [-0.3, -0.25) is 4.90 Å². The number of aromatic nitrogens is 2. The highest BCUT2D eigenvalue weighted by Gasteiger charge is 2.24. The van der Waals surface area contributed by atoms with Gasteiger partial charge in [0.15, 0.2) is 0 Å². The summed E-state index contributed by atoms with van der Waals surface area (Å²) >= 11 is 0. The monoisotopic (exact) mass is 296 g/mol. The van der Waals surface area contributed by atoms with Crippen LogP contribution in [0.25, 0.3) is 0 Å². The molecule has 0 aromatic carbocycles. The molecule has 1 aliphatic heterocycles. The number of hydrogen-bond acceptors (Lipinski definition) is 7. The summed E-state index contributed by atoms with van der Waals surface area (Å²) in [5.74, 6) is 1.61. The summed E-state index contributed by atoms with van der Waals surface area (Å²) in [6, 6.07) is 1.66. The van der Waals surface area contributed by atoms with Crippen molar-refractivity contribution in [1.82, 2.24) is 14.9 Å². The van der Waals surface area contributed by atoms with Crippen LogP contribution in [0.1, 0.15) is 13.8 Å². The number of aliphatic hydroxyl groups is 1. The molecule has 118 valence electrons. The van der Waals surface area contributed by atoms with Crippen LogP contribution in [-0.4, -0.2) is 72.5 Å². The molecule has 1 aromatic heterocycles. The molecule has 7 nitrogen and oxygen atoms in total. The molecule has 0 bridgehead atoms. The minimum Gasteiger partial charge on any atom is -0.481 e. The van der Waals surface area contributed by atoms with E-state index in [-0.39, 0.29) is 0 Å². The first-order valence-electron chi connectivity index (χ1n) is 7.08. The lowest BCUT2D eigenvalue weighted by atomic mass is 10.1. The molecule has 1 saturated heterocycles. The molecule has 0 atom stereocenters. The Kier molecular flexibility index (Phi) is 4.84. The smallest absolute Gasteiger partial charge is 0.232 e. The van der Waals surface area contributed by atoms with E-state index in [0.717, 1.165) is 26.2 Å². The molecule has 0 spiro atoms. The maximum Gasteiger partial charge on any atom is 0.232 e. The standard InChI is InChI=1S/C14H24N4O3/c1-14(2,19)10-17-5-7-18(8-6-17)13-15-11(20-3)9-12(16-13)21-4/h9,19H,5-8,10H2,1-4H3. The highest BCUT2D eigenvalue weighted by molar-refractivity contribution is 5.37. The van der Waals surface area contributed by atoms with Gasteiger partial charge in [-0.05, 0) is 13.8 Å². The number of anilines is 1. The van der Waals surface area contributed by atoms with Gasteiger partial charge < -0.3 is 19.5 Å². The topological polar surface area (TPSA) is 71.0 Å². The Morgan fingerprint density at radius 3 is 2.05 bits per heavy atom. The van der Waals surface area contributed by atoms with Gasteiger partial charge >= 0.3 is 0 Å². The number of methoxy groups -OCH3 is 2. The summed E-state index contributed by atoms with van der Waals surface area (Å²) in [6.07, 6.45) is 0.